The molecule has 0 unspecified atom stereocenters. The molecule has 0 saturated heterocycles. The van der Waals surface area contributed by atoms with E-state index in [0.29, 0.717) is 29.2 Å². The van der Waals surface area contributed by atoms with Gasteiger partial charge in [-0.25, -0.2) is 9.37 Å². The van der Waals surface area contributed by atoms with Crippen molar-refractivity contribution in [2.75, 3.05) is 7.11 Å². The average Bonchev–Trinajstić information content (AvgIpc) is 3.25. The first-order chi connectivity index (χ1) is 12.1. The minimum absolute atomic E-state index is 0.151. The molecule has 0 spiro atoms. The summed E-state index contributed by atoms with van der Waals surface area (Å²) in [5, 5.41) is 2.03. The van der Waals surface area contributed by atoms with E-state index in [2.05, 4.69) is 23.4 Å². The number of halogens is 1. The van der Waals surface area contributed by atoms with Gasteiger partial charge in [-0.05, 0) is 41.8 Å². The third-order valence-corrected chi connectivity index (χ3v) is 5.57. The highest BCUT2D eigenvalue weighted by Gasteiger charge is 2.28. The van der Waals surface area contributed by atoms with Crippen LogP contribution in [0.3, 0.4) is 0 Å². The van der Waals surface area contributed by atoms with Crippen LogP contribution in [0.15, 0.2) is 29.9 Å². The van der Waals surface area contributed by atoms with Crippen LogP contribution in [0.2, 0.25) is 0 Å². The fourth-order valence-corrected chi connectivity index (χ4v) is 4.32. The predicted molar refractivity (Wildman–Crippen MR) is 99.7 cm³/mol. The standard InChI is InChI=1S/C20H21FN2OS/c1-12(2)9-14-15(24-3)10-13-6-7-23-11-22-19(16-5-4-8-25-16)20(23)17(13)18(14)21/h4-5,8,10-12H,6-7,9H2,1-3H3. The molecule has 130 valence electrons. The van der Waals surface area contributed by atoms with Gasteiger partial charge in [-0.3, -0.25) is 0 Å². The highest BCUT2D eigenvalue weighted by molar-refractivity contribution is 7.13. The highest BCUT2D eigenvalue weighted by Crippen LogP contribution is 2.43. The molecule has 0 fully saturated rings. The summed E-state index contributed by atoms with van der Waals surface area (Å²) < 4.78 is 23.2. The maximum atomic E-state index is 15.6. The summed E-state index contributed by atoms with van der Waals surface area (Å²) in [4.78, 5) is 5.66. The summed E-state index contributed by atoms with van der Waals surface area (Å²) in [7, 11) is 1.62. The van der Waals surface area contributed by atoms with E-state index in [1.165, 1.54) is 0 Å². The van der Waals surface area contributed by atoms with Gasteiger partial charge >= 0.3 is 0 Å². The summed E-state index contributed by atoms with van der Waals surface area (Å²) in [6.45, 7) is 5.01. The molecule has 0 amide bonds. The second-order valence-corrected chi connectivity index (χ2v) is 7.81. The Kier molecular flexibility index (Phi) is 4.12. The van der Waals surface area contributed by atoms with Crippen molar-refractivity contribution in [1.82, 2.24) is 9.55 Å². The SMILES string of the molecule is COc1cc2c(c(F)c1CC(C)C)-c1c(-c3cccs3)ncn1CC2. The van der Waals surface area contributed by atoms with Crippen molar-refractivity contribution in [3.05, 3.63) is 46.9 Å². The first kappa shape index (κ1) is 16.3. The van der Waals surface area contributed by atoms with Crippen molar-refractivity contribution < 1.29 is 9.13 Å². The summed E-state index contributed by atoms with van der Waals surface area (Å²) in [5.41, 5.74) is 4.14. The van der Waals surface area contributed by atoms with Crippen LogP contribution in [0, 0.1) is 11.7 Å². The molecule has 5 heteroatoms. The van der Waals surface area contributed by atoms with E-state index in [1.54, 1.807) is 18.4 Å². The fraction of sp³-hybridized carbons (Fsp3) is 0.350. The van der Waals surface area contributed by atoms with Gasteiger partial charge in [0, 0.05) is 17.7 Å². The molecule has 2 aromatic heterocycles. The lowest BCUT2D eigenvalue weighted by atomic mass is 9.90. The zero-order valence-corrected chi connectivity index (χ0v) is 15.5. The number of aryl methyl sites for hydroxylation is 2. The van der Waals surface area contributed by atoms with Crippen molar-refractivity contribution in [3.63, 3.8) is 0 Å². The highest BCUT2D eigenvalue weighted by atomic mass is 32.1. The Bertz CT molecular complexity index is 912. The molecule has 1 aliphatic heterocycles. The molecular formula is C20H21FN2OS. The predicted octanol–water partition coefficient (Wildman–Crippen LogP) is 5.18. The number of fused-ring (bicyclic) bond motifs is 3. The normalized spacial score (nSPS) is 13.0. The topological polar surface area (TPSA) is 27.1 Å². The summed E-state index contributed by atoms with van der Waals surface area (Å²) in [5.74, 6) is 0.865. The third-order valence-electron chi connectivity index (χ3n) is 4.69. The third kappa shape index (κ3) is 2.67. The molecule has 0 saturated carbocycles. The van der Waals surface area contributed by atoms with Gasteiger partial charge in [0.15, 0.2) is 0 Å². The second kappa shape index (κ2) is 6.30. The van der Waals surface area contributed by atoms with E-state index >= 15 is 4.39 Å². The van der Waals surface area contributed by atoms with Crippen LogP contribution in [0.5, 0.6) is 5.75 Å². The molecule has 3 nitrogen and oxygen atoms in total. The van der Waals surface area contributed by atoms with E-state index < -0.39 is 0 Å². The van der Waals surface area contributed by atoms with Crippen LogP contribution < -0.4 is 4.74 Å². The van der Waals surface area contributed by atoms with E-state index in [0.717, 1.165) is 34.8 Å². The smallest absolute Gasteiger partial charge is 0.139 e. The number of hydrogen-bond donors (Lipinski definition) is 0. The number of rotatable bonds is 4. The maximum absolute atomic E-state index is 15.6. The lowest BCUT2D eigenvalue weighted by molar-refractivity contribution is 0.399. The quantitative estimate of drug-likeness (QED) is 0.644. The van der Waals surface area contributed by atoms with Gasteiger partial charge in [-0.1, -0.05) is 19.9 Å². The molecule has 0 radical (unpaired) electrons. The van der Waals surface area contributed by atoms with Gasteiger partial charge < -0.3 is 9.30 Å². The summed E-state index contributed by atoms with van der Waals surface area (Å²) in [6, 6.07) is 6.06. The minimum Gasteiger partial charge on any atom is -0.496 e. The monoisotopic (exact) mass is 356 g/mol. The lowest BCUT2D eigenvalue weighted by Crippen LogP contribution is -2.14. The fourth-order valence-electron chi connectivity index (χ4n) is 3.60. The molecule has 1 aromatic carbocycles. The maximum Gasteiger partial charge on any atom is 0.139 e. The molecule has 0 atom stereocenters. The van der Waals surface area contributed by atoms with Gasteiger partial charge in [0.2, 0.25) is 0 Å². The molecule has 4 rings (SSSR count). The largest absolute Gasteiger partial charge is 0.496 e. The summed E-state index contributed by atoms with van der Waals surface area (Å²) in [6.07, 6.45) is 3.28. The lowest BCUT2D eigenvalue weighted by Gasteiger charge is -2.24. The van der Waals surface area contributed by atoms with Crippen molar-refractivity contribution in [2.45, 2.75) is 33.2 Å². The minimum atomic E-state index is -0.151. The molecule has 3 heterocycles. The van der Waals surface area contributed by atoms with Crippen molar-refractivity contribution in [2.24, 2.45) is 5.92 Å². The Balaban J connectivity index is 1.96. The summed E-state index contributed by atoms with van der Waals surface area (Å²) >= 11 is 1.63. The first-order valence-electron chi connectivity index (χ1n) is 8.57. The number of nitrogens with zero attached hydrogens (tertiary/aromatic N) is 2. The number of hydrogen-bond acceptors (Lipinski definition) is 3. The number of aromatic nitrogens is 2. The average molecular weight is 356 g/mol. The van der Waals surface area contributed by atoms with Gasteiger partial charge in [0.05, 0.1) is 24.0 Å². The van der Waals surface area contributed by atoms with Gasteiger partial charge in [-0.15, -0.1) is 11.3 Å². The van der Waals surface area contributed by atoms with E-state index in [9.17, 15) is 0 Å². The number of ether oxygens (including phenoxy) is 1. The van der Waals surface area contributed by atoms with Gasteiger partial charge in [-0.2, -0.15) is 0 Å². The van der Waals surface area contributed by atoms with Crippen LogP contribution in [0.4, 0.5) is 4.39 Å². The van der Waals surface area contributed by atoms with Gasteiger partial charge in [0.1, 0.15) is 17.3 Å². The van der Waals surface area contributed by atoms with E-state index in [-0.39, 0.29) is 5.82 Å². The molecule has 1 aliphatic rings. The Morgan fingerprint density at radius 2 is 2.24 bits per heavy atom. The number of methoxy groups -OCH3 is 1. The molecule has 0 aliphatic carbocycles. The molecule has 25 heavy (non-hydrogen) atoms. The number of thiophene rings is 1. The van der Waals surface area contributed by atoms with Gasteiger partial charge in [0.25, 0.3) is 0 Å². The van der Waals surface area contributed by atoms with E-state index in [1.807, 2.05) is 29.9 Å². The van der Waals surface area contributed by atoms with E-state index in [4.69, 9.17) is 4.74 Å². The Morgan fingerprint density at radius 3 is 2.92 bits per heavy atom. The zero-order chi connectivity index (χ0) is 17.6. The first-order valence-corrected chi connectivity index (χ1v) is 9.45. The Hall–Kier alpha value is -2.14. The van der Waals surface area contributed by atoms with Crippen molar-refractivity contribution >= 4 is 11.3 Å². The molecular weight excluding hydrogens is 335 g/mol. The van der Waals surface area contributed by atoms with Crippen LogP contribution >= 0.6 is 11.3 Å². The Labute approximate surface area is 151 Å². The second-order valence-electron chi connectivity index (χ2n) is 6.87. The van der Waals surface area contributed by atoms with Crippen LogP contribution in [0.1, 0.15) is 25.0 Å². The number of benzene rings is 1. The van der Waals surface area contributed by atoms with Crippen LogP contribution in [-0.2, 0) is 19.4 Å². The molecule has 3 aromatic rings. The molecule has 0 bridgehead atoms. The van der Waals surface area contributed by atoms with Crippen LogP contribution in [-0.4, -0.2) is 16.7 Å². The number of imidazole rings is 1. The van der Waals surface area contributed by atoms with Crippen molar-refractivity contribution in [1.29, 1.82) is 0 Å². The molecule has 0 N–H and O–H groups in total. The van der Waals surface area contributed by atoms with Crippen molar-refractivity contribution in [3.8, 4) is 27.6 Å². The van der Waals surface area contributed by atoms with Crippen LogP contribution in [0.25, 0.3) is 21.8 Å². The zero-order valence-electron chi connectivity index (χ0n) is 14.7. The Morgan fingerprint density at radius 1 is 1.40 bits per heavy atom.